The van der Waals surface area contributed by atoms with Crippen molar-refractivity contribution < 1.29 is 0 Å². The zero-order valence-corrected chi connectivity index (χ0v) is 12.3. The van der Waals surface area contributed by atoms with Crippen molar-refractivity contribution in [2.24, 2.45) is 5.73 Å². The molecular formula is C12H14BrClN4. The lowest BCUT2D eigenvalue weighted by molar-refractivity contribution is 0.559. The summed E-state index contributed by atoms with van der Waals surface area (Å²) in [6, 6.07) is 1.62. The minimum atomic E-state index is -0.323. The van der Waals surface area contributed by atoms with E-state index in [1.165, 1.54) is 0 Å². The molecule has 2 aromatic heterocycles. The van der Waals surface area contributed by atoms with E-state index in [0.29, 0.717) is 5.02 Å². The Balaban J connectivity index is 2.39. The van der Waals surface area contributed by atoms with Crippen LogP contribution in [0.1, 0.15) is 30.6 Å². The highest BCUT2D eigenvalue weighted by atomic mass is 79.9. The van der Waals surface area contributed by atoms with E-state index in [2.05, 4.69) is 32.9 Å². The quantitative estimate of drug-likeness (QED) is 0.937. The van der Waals surface area contributed by atoms with E-state index in [9.17, 15) is 0 Å². The molecule has 2 aromatic rings. The molecule has 0 aliphatic rings. The summed E-state index contributed by atoms with van der Waals surface area (Å²) >= 11 is 9.56. The summed E-state index contributed by atoms with van der Waals surface area (Å²) in [6.07, 6.45) is 6.09. The first kappa shape index (κ1) is 13.5. The molecule has 18 heavy (non-hydrogen) atoms. The summed E-state index contributed by atoms with van der Waals surface area (Å²) in [4.78, 5) is 4.12. The molecule has 96 valence electrons. The van der Waals surface area contributed by atoms with Crippen molar-refractivity contribution in [2.75, 3.05) is 0 Å². The van der Waals surface area contributed by atoms with Crippen LogP contribution in [0.4, 0.5) is 0 Å². The average molecular weight is 330 g/mol. The third-order valence-electron chi connectivity index (χ3n) is 2.65. The maximum atomic E-state index is 6.26. The van der Waals surface area contributed by atoms with Crippen LogP contribution < -0.4 is 5.73 Å². The largest absolute Gasteiger partial charge is 0.319 e. The van der Waals surface area contributed by atoms with Crippen LogP contribution in [-0.2, 0) is 6.54 Å². The molecule has 0 bridgehead atoms. The second-order valence-corrected chi connectivity index (χ2v) is 5.34. The van der Waals surface area contributed by atoms with E-state index in [1.54, 1.807) is 18.6 Å². The van der Waals surface area contributed by atoms with Crippen LogP contribution >= 0.6 is 27.5 Å². The van der Waals surface area contributed by atoms with Crippen LogP contribution in [0, 0.1) is 0 Å². The lowest BCUT2D eigenvalue weighted by Gasteiger charge is -2.15. The third kappa shape index (κ3) is 2.74. The molecule has 4 nitrogen and oxygen atoms in total. The molecule has 0 fully saturated rings. The van der Waals surface area contributed by atoms with Gasteiger partial charge in [0.15, 0.2) is 0 Å². The SMILES string of the molecule is CCCn1ncc(Cl)c1C(N)c1cncc(Br)c1. The zero-order chi connectivity index (χ0) is 13.1. The Bertz CT molecular complexity index is 541. The molecule has 0 aliphatic heterocycles. The van der Waals surface area contributed by atoms with Gasteiger partial charge in [-0.2, -0.15) is 5.10 Å². The number of pyridine rings is 1. The van der Waals surface area contributed by atoms with Crippen LogP contribution in [-0.4, -0.2) is 14.8 Å². The van der Waals surface area contributed by atoms with E-state index in [-0.39, 0.29) is 6.04 Å². The first-order chi connectivity index (χ1) is 8.63. The maximum Gasteiger partial charge on any atom is 0.0837 e. The van der Waals surface area contributed by atoms with Gasteiger partial charge in [-0.1, -0.05) is 18.5 Å². The Morgan fingerprint density at radius 2 is 2.22 bits per heavy atom. The van der Waals surface area contributed by atoms with Gasteiger partial charge in [0, 0.05) is 23.4 Å². The molecule has 2 heterocycles. The van der Waals surface area contributed by atoms with Crippen molar-refractivity contribution >= 4 is 27.5 Å². The van der Waals surface area contributed by atoms with E-state index < -0.39 is 0 Å². The summed E-state index contributed by atoms with van der Waals surface area (Å²) in [5.74, 6) is 0. The van der Waals surface area contributed by atoms with Crippen molar-refractivity contribution in [3.05, 3.63) is 45.4 Å². The predicted octanol–water partition coefficient (Wildman–Crippen LogP) is 3.15. The molecule has 1 unspecified atom stereocenters. The van der Waals surface area contributed by atoms with Gasteiger partial charge >= 0.3 is 0 Å². The van der Waals surface area contributed by atoms with Gasteiger partial charge in [-0.25, -0.2) is 0 Å². The van der Waals surface area contributed by atoms with Gasteiger partial charge in [0.25, 0.3) is 0 Å². The highest BCUT2D eigenvalue weighted by Gasteiger charge is 2.18. The molecule has 0 radical (unpaired) electrons. The number of aromatic nitrogens is 3. The molecule has 1 atom stereocenters. The smallest absolute Gasteiger partial charge is 0.0837 e. The van der Waals surface area contributed by atoms with E-state index >= 15 is 0 Å². The molecule has 0 saturated heterocycles. The zero-order valence-electron chi connectivity index (χ0n) is 9.98. The van der Waals surface area contributed by atoms with Gasteiger partial charge in [-0.15, -0.1) is 0 Å². The standard InChI is InChI=1S/C12H14BrClN4/c1-2-3-18-12(10(14)7-17-18)11(15)8-4-9(13)6-16-5-8/h4-7,11H,2-3,15H2,1H3. The molecular weight excluding hydrogens is 316 g/mol. The van der Waals surface area contributed by atoms with Gasteiger partial charge in [0.2, 0.25) is 0 Å². The van der Waals surface area contributed by atoms with Crippen molar-refractivity contribution in [1.82, 2.24) is 14.8 Å². The summed E-state index contributed by atoms with van der Waals surface area (Å²) < 4.78 is 2.75. The Morgan fingerprint density at radius 3 is 2.89 bits per heavy atom. The van der Waals surface area contributed by atoms with Gasteiger partial charge in [0.1, 0.15) is 0 Å². The number of hydrogen-bond acceptors (Lipinski definition) is 3. The second-order valence-electron chi connectivity index (χ2n) is 4.02. The van der Waals surface area contributed by atoms with Gasteiger partial charge in [-0.3, -0.25) is 9.67 Å². The van der Waals surface area contributed by atoms with Gasteiger partial charge in [0.05, 0.1) is 23.0 Å². The Kier molecular flexibility index (Phi) is 4.37. The van der Waals surface area contributed by atoms with Crippen molar-refractivity contribution in [3.8, 4) is 0 Å². The Morgan fingerprint density at radius 1 is 1.44 bits per heavy atom. The Hall–Kier alpha value is -0.910. The summed E-state index contributed by atoms with van der Waals surface area (Å²) in [5, 5.41) is 4.84. The minimum Gasteiger partial charge on any atom is -0.319 e. The normalized spacial score (nSPS) is 12.7. The maximum absolute atomic E-state index is 6.26. The average Bonchev–Trinajstić information content (AvgIpc) is 2.70. The number of halogens is 2. The molecule has 6 heteroatoms. The summed E-state index contributed by atoms with van der Waals surface area (Å²) in [7, 11) is 0. The van der Waals surface area contributed by atoms with Gasteiger partial charge < -0.3 is 5.73 Å². The van der Waals surface area contributed by atoms with Crippen LogP contribution in [0.2, 0.25) is 5.02 Å². The summed E-state index contributed by atoms with van der Waals surface area (Å²) in [6.45, 7) is 2.89. The highest BCUT2D eigenvalue weighted by Crippen LogP contribution is 2.27. The molecule has 0 spiro atoms. The van der Waals surface area contributed by atoms with Crippen molar-refractivity contribution in [2.45, 2.75) is 25.9 Å². The number of rotatable bonds is 4. The molecule has 0 saturated carbocycles. The molecule has 2 N–H and O–H groups in total. The lowest BCUT2D eigenvalue weighted by atomic mass is 10.1. The van der Waals surface area contributed by atoms with Gasteiger partial charge in [-0.05, 0) is 34.0 Å². The van der Waals surface area contributed by atoms with Crippen LogP contribution in [0.25, 0.3) is 0 Å². The van der Waals surface area contributed by atoms with Crippen LogP contribution in [0.15, 0.2) is 29.1 Å². The minimum absolute atomic E-state index is 0.323. The van der Waals surface area contributed by atoms with Crippen molar-refractivity contribution in [1.29, 1.82) is 0 Å². The fraction of sp³-hybridized carbons (Fsp3) is 0.333. The Labute approximate surface area is 119 Å². The number of aryl methyl sites for hydroxylation is 1. The fourth-order valence-corrected chi connectivity index (χ4v) is 2.47. The number of nitrogens with zero attached hydrogens (tertiary/aromatic N) is 3. The number of hydrogen-bond donors (Lipinski definition) is 1. The van der Waals surface area contributed by atoms with Crippen molar-refractivity contribution in [3.63, 3.8) is 0 Å². The first-order valence-corrected chi connectivity index (χ1v) is 6.87. The predicted molar refractivity (Wildman–Crippen MR) is 75.5 cm³/mol. The lowest BCUT2D eigenvalue weighted by Crippen LogP contribution is -2.18. The van der Waals surface area contributed by atoms with E-state index in [1.807, 2.05) is 10.7 Å². The summed E-state index contributed by atoms with van der Waals surface area (Å²) in [5.41, 5.74) is 7.99. The first-order valence-electron chi connectivity index (χ1n) is 5.70. The fourth-order valence-electron chi connectivity index (χ4n) is 1.83. The van der Waals surface area contributed by atoms with E-state index in [4.69, 9.17) is 17.3 Å². The molecule has 0 amide bonds. The molecule has 0 aliphatic carbocycles. The second kappa shape index (κ2) is 5.82. The number of nitrogens with two attached hydrogens (primary N) is 1. The molecule has 0 aromatic carbocycles. The van der Waals surface area contributed by atoms with Crippen LogP contribution in [0.3, 0.4) is 0 Å². The monoisotopic (exact) mass is 328 g/mol. The van der Waals surface area contributed by atoms with Crippen LogP contribution in [0.5, 0.6) is 0 Å². The highest BCUT2D eigenvalue weighted by molar-refractivity contribution is 9.10. The van der Waals surface area contributed by atoms with E-state index in [0.717, 1.165) is 28.7 Å². The topological polar surface area (TPSA) is 56.7 Å². The third-order valence-corrected chi connectivity index (χ3v) is 3.37. The molecule has 2 rings (SSSR count).